The third kappa shape index (κ3) is 2.88. The third-order valence-electron chi connectivity index (χ3n) is 3.14. The maximum atomic E-state index is 12.0. The molecule has 1 heterocycles. The van der Waals surface area contributed by atoms with Gasteiger partial charge in [-0.1, -0.05) is 0 Å². The molecule has 19 heavy (non-hydrogen) atoms. The first kappa shape index (κ1) is 13.4. The minimum absolute atomic E-state index is 0.00333. The quantitative estimate of drug-likeness (QED) is 0.621. The Morgan fingerprint density at radius 3 is 2.79 bits per heavy atom. The number of carbonyl (C=O) groups is 1. The van der Waals surface area contributed by atoms with Crippen LogP contribution in [-0.4, -0.2) is 30.1 Å². The fraction of sp³-hybridized carbons (Fsp3) is 0.417. The van der Waals surface area contributed by atoms with Crippen molar-refractivity contribution in [1.29, 1.82) is 0 Å². The Balaban J connectivity index is 2.11. The molecule has 2 atom stereocenters. The van der Waals surface area contributed by atoms with E-state index in [1.165, 1.54) is 18.2 Å². The average Bonchev–Trinajstić information content (AvgIpc) is 2.77. The monoisotopic (exact) mass is 265 g/mol. The van der Waals surface area contributed by atoms with E-state index in [1.54, 1.807) is 6.92 Å². The van der Waals surface area contributed by atoms with E-state index in [1.807, 2.05) is 0 Å². The van der Waals surface area contributed by atoms with Crippen LogP contribution >= 0.6 is 0 Å². The fourth-order valence-electron chi connectivity index (χ4n) is 1.97. The lowest BCUT2D eigenvalue weighted by molar-refractivity contribution is -0.384. The minimum Gasteiger partial charge on any atom is -0.379 e. The second-order valence-corrected chi connectivity index (χ2v) is 4.55. The van der Waals surface area contributed by atoms with Crippen LogP contribution < -0.4 is 11.1 Å². The summed E-state index contributed by atoms with van der Waals surface area (Å²) in [4.78, 5) is 22.1. The lowest BCUT2D eigenvalue weighted by Crippen LogP contribution is -2.37. The molecule has 2 rings (SSSR count). The standard InChI is InChI=1S/C12H15N3O4/c1-7-4-8(15(17)18)2-3-11(7)14-12(16)9-5-19-6-10(9)13/h2-4,9-10H,5-6,13H2,1H3,(H,14,16). The summed E-state index contributed by atoms with van der Waals surface area (Å²) in [7, 11) is 0. The van der Waals surface area contributed by atoms with Gasteiger partial charge >= 0.3 is 0 Å². The number of nitro groups is 1. The van der Waals surface area contributed by atoms with E-state index in [0.29, 0.717) is 24.5 Å². The SMILES string of the molecule is Cc1cc([N+](=O)[O-])ccc1NC(=O)C1COCC1N. The Morgan fingerprint density at radius 2 is 2.26 bits per heavy atom. The first-order chi connectivity index (χ1) is 8.99. The van der Waals surface area contributed by atoms with Gasteiger partial charge in [-0.15, -0.1) is 0 Å². The zero-order valence-corrected chi connectivity index (χ0v) is 10.5. The number of hydrogen-bond donors (Lipinski definition) is 2. The molecule has 1 saturated heterocycles. The number of hydrogen-bond acceptors (Lipinski definition) is 5. The highest BCUT2D eigenvalue weighted by atomic mass is 16.6. The molecule has 0 aromatic heterocycles. The van der Waals surface area contributed by atoms with Crippen molar-refractivity contribution in [2.45, 2.75) is 13.0 Å². The highest BCUT2D eigenvalue weighted by Crippen LogP contribution is 2.22. The molecule has 0 saturated carbocycles. The Bertz CT molecular complexity index is 518. The van der Waals surface area contributed by atoms with Crippen LogP contribution in [-0.2, 0) is 9.53 Å². The van der Waals surface area contributed by atoms with Crippen LogP contribution in [0.4, 0.5) is 11.4 Å². The zero-order chi connectivity index (χ0) is 14.0. The number of ether oxygens (including phenoxy) is 1. The summed E-state index contributed by atoms with van der Waals surface area (Å²) in [5, 5.41) is 13.4. The predicted molar refractivity (Wildman–Crippen MR) is 68.7 cm³/mol. The van der Waals surface area contributed by atoms with Gasteiger partial charge in [0.2, 0.25) is 5.91 Å². The second-order valence-electron chi connectivity index (χ2n) is 4.55. The number of aryl methyl sites for hydroxylation is 1. The van der Waals surface area contributed by atoms with Crippen molar-refractivity contribution in [3.8, 4) is 0 Å². The van der Waals surface area contributed by atoms with Crippen molar-refractivity contribution in [3.63, 3.8) is 0 Å². The molecule has 102 valence electrons. The van der Waals surface area contributed by atoms with E-state index in [4.69, 9.17) is 10.5 Å². The first-order valence-corrected chi connectivity index (χ1v) is 5.88. The Morgan fingerprint density at radius 1 is 1.53 bits per heavy atom. The molecule has 1 amide bonds. The van der Waals surface area contributed by atoms with E-state index in [9.17, 15) is 14.9 Å². The largest absolute Gasteiger partial charge is 0.379 e. The van der Waals surface area contributed by atoms with Crippen molar-refractivity contribution in [3.05, 3.63) is 33.9 Å². The molecule has 1 aliphatic heterocycles. The summed E-state index contributed by atoms with van der Waals surface area (Å²) in [6.45, 7) is 2.38. The number of anilines is 1. The zero-order valence-electron chi connectivity index (χ0n) is 10.5. The number of carbonyl (C=O) groups excluding carboxylic acids is 1. The van der Waals surface area contributed by atoms with Crippen molar-refractivity contribution < 1.29 is 14.5 Å². The predicted octanol–water partition coefficient (Wildman–Crippen LogP) is 0.815. The van der Waals surface area contributed by atoms with Gasteiger partial charge in [0.15, 0.2) is 0 Å². The topological polar surface area (TPSA) is 107 Å². The summed E-state index contributed by atoms with van der Waals surface area (Å²) in [6, 6.07) is 3.99. The minimum atomic E-state index is -0.473. The summed E-state index contributed by atoms with van der Waals surface area (Å²) in [5.74, 6) is -0.600. The number of nitrogens with zero attached hydrogens (tertiary/aromatic N) is 1. The summed E-state index contributed by atoms with van der Waals surface area (Å²) < 4.78 is 5.13. The van der Waals surface area contributed by atoms with E-state index >= 15 is 0 Å². The van der Waals surface area contributed by atoms with Gasteiger partial charge in [-0.25, -0.2) is 0 Å². The number of amides is 1. The molecule has 1 aromatic rings. The Kier molecular flexibility index (Phi) is 3.77. The van der Waals surface area contributed by atoms with Gasteiger partial charge in [-0.05, 0) is 18.6 Å². The van der Waals surface area contributed by atoms with Gasteiger partial charge in [-0.3, -0.25) is 14.9 Å². The molecule has 1 fully saturated rings. The van der Waals surface area contributed by atoms with Crippen LogP contribution in [0.15, 0.2) is 18.2 Å². The number of benzene rings is 1. The van der Waals surface area contributed by atoms with Gasteiger partial charge in [0.1, 0.15) is 0 Å². The molecule has 1 aromatic carbocycles. The van der Waals surface area contributed by atoms with Crippen molar-refractivity contribution in [1.82, 2.24) is 0 Å². The highest BCUT2D eigenvalue weighted by Gasteiger charge is 2.31. The van der Waals surface area contributed by atoms with Gasteiger partial charge in [0.05, 0.1) is 24.1 Å². The number of non-ortho nitro benzene ring substituents is 1. The third-order valence-corrected chi connectivity index (χ3v) is 3.14. The molecule has 7 nitrogen and oxygen atoms in total. The van der Waals surface area contributed by atoms with Crippen LogP contribution in [0.2, 0.25) is 0 Å². The number of nitrogens with two attached hydrogens (primary N) is 1. The maximum absolute atomic E-state index is 12.0. The number of rotatable bonds is 3. The molecule has 7 heteroatoms. The van der Waals surface area contributed by atoms with Gasteiger partial charge < -0.3 is 15.8 Å². The average molecular weight is 265 g/mol. The Labute approximate surface area is 109 Å². The molecular weight excluding hydrogens is 250 g/mol. The molecule has 3 N–H and O–H groups in total. The maximum Gasteiger partial charge on any atom is 0.269 e. The lowest BCUT2D eigenvalue weighted by Gasteiger charge is -2.14. The molecular formula is C12H15N3O4. The van der Waals surface area contributed by atoms with Crippen LogP contribution in [0.25, 0.3) is 0 Å². The normalized spacial score (nSPS) is 22.2. The molecule has 0 radical (unpaired) electrons. The number of nitrogens with one attached hydrogen (secondary N) is 1. The molecule has 0 aliphatic carbocycles. The van der Waals surface area contributed by atoms with Crippen molar-refractivity contribution >= 4 is 17.3 Å². The summed E-state index contributed by atoms with van der Waals surface area (Å²) in [5.41, 5.74) is 6.94. The fourth-order valence-corrected chi connectivity index (χ4v) is 1.97. The van der Waals surface area contributed by atoms with E-state index < -0.39 is 4.92 Å². The molecule has 0 bridgehead atoms. The Hall–Kier alpha value is -1.99. The van der Waals surface area contributed by atoms with Crippen LogP contribution in [0.3, 0.4) is 0 Å². The highest BCUT2D eigenvalue weighted by molar-refractivity contribution is 5.94. The number of nitro benzene ring substituents is 1. The molecule has 0 spiro atoms. The van der Waals surface area contributed by atoms with Crippen LogP contribution in [0.1, 0.15) is 5.56 Å². The molecule has 2 unspecified atom stereocenters. The second kappa shape index (κ2) is 5.33. The molecule has 1 aliphatic rings. The van der Waals surface area contributed by atoms with E-state index in [0.717, 1.165) is 0 Å². The lowest BCUT2D eigenvalue weighted by atomic mass is 10.0. The van der Waals surface area contributed by atoms with E-state index in [2.05, 4.69) is 5.32 Å². The summed E-state index contributed by atoms with van der Waals surface area (Å²) in [6.07, 6.45) is 0. The van der Waals surface area contributed by atoms with Crippen molar-refractivity contribution in [2.75, 3.05) is 18.5 Å². The summed E-state index contributed by atoms with van der Waals surface area (Å²) >= 11 is 0. The van der Waals surface area contributed by atoms with Gasteiger partial charge in [0, 0.05) is 23.9 Å². The van der Waals surface area contributed by atoms with Crippen LogP contribution in [0, 0.1) is 23.0 Å². The van der Waals surface area contributed by atoms with Crippen LogP contribution in [0.5, 0.6) is 0 Å². The first-order valence-electron chi connectivity index (χ1n) is 5.88. The smallest absolute Gasteiger partial charge is 0.269 e. The van der Waals surface area contributed by atoms with E-state index in [-0.39, 0.29) is 23.6 Å². The van der Waals surface area contributed by atoms with Crippen molar-refractivity contribution in [2.24, 2.45) is 11.7 Å². The van der Waals surface area contributed by atoms with Gasteiger partial charge in [-0.2, -0.15) is 0 Å². The van der Waals surface area contributed by atoms with Gasteiger partial charge in [0.25, 0.3) is 5.69 Å².